The Balaban J connectivity index is 1.62. The highest BCUT2D eigenvalue weighted by atomic mass is 16.5. The first-order valence-electron chi connectivity index (χ1n) is 8.47. The number of benzene rings is 1. The third-order valence-corrected chi connectivity index (χ3v) is 4.58. The van der Waals surface area contributed by atoms with Crippen molar-refractivity contribution in [3.8, 4) is 5.75 Å². The first-order valence-corrected chi connectivity index (χ1v) is 8.47. The molecule has 3 heterocycles. The van der Waals surface area contributed by atoms with Crippen molar-refractivity contribution >= 4 is 22.5 Å². The summed E-state index contributed by atoms with van der Waals surface area (Å²) >= 11 is 0. The van der Waals surface area contributed by atoms with Gasteiger partial charge < -0.3 is 14.5 Å². The van der Waals surface area contributed by atoms with E-state index < -0.39 is 0 Å². The number of fused-ring (bicyclic) bond motifs is 1. The van der Waals surface area contributed by atoms with Crippen molar-refractivity contribution in [2.45, 2.75) is 6.92 Å². The number of aromatic nitrogens is 3. The van der Waals surface area contributed by atoms with E-state index >= 15 is 0 Å². The second-order valence-electron chi connectivity index (χ2n) is 6.19. The Morgan fingerprint density at radius 1 is 0.960 bits per heavy atom. The van der Waals surface area contributed by atoms with Gasteiger partial charge >= 0.3 is 0 Å². The van der Waals surface area contributed by atoms with Gasteiger partial charge in [0, 0.05) is 55.3 Å². The molecule has 0 amide bonds. The number of hydrogen-bond donors (Lipinski definition) is 0. The highest BCUT2D eigenvalue weighted by molar-refractivity contribution is 5.93. The average molecular weight is 335 g/mol. The van der Waals surface area contributed by atoms with Gasteiger partial charge in [-0.2, -0.15) is 0 Å². The van der Waals surface area contributed by atoms with Crippen LogP contribution in [0.2, 0.25) is 0 Å². The predicted octanol–water partition coefficient (Wildman–Crippen LogP) is 2.67. The molecule has 0 saturated carbocycles. The van der Waals surface area contributed by atoms with Crippen LogP contribution in [0.5, 0.6) is 5.75 Å². The lowest BCUT2D eigenvalue weighted by molar-refractivity contribution is 0.415. The Kier molecular flexibility index (Phi) is 4.09. The number of anilines is 2. The van der Waals surface area contributed by atoms with Gasteiger partial charge in [-0.05, 0) is 37.3 Å². The number of methoxy groups -OCH3 is 1. The van der Waals surface area contributed by atoms with Crippen LogP contribution in [0.15, 0.2) is 42.7 Å². The van der Waals surface area contributed by atoms with Crippen molar-refractivity contribution in [3.05, 3.63) is 48.4 Å². The fourth-order valence-electron chi connectivity index (χ4n) is 3.31. The molecular weight excluding hydrogens is 314 g/mol. The first kappa shape index (κ1) is 15.6. The Hall–Kier alpha value is -2.89. The molecule has 0 bridgehead atoms. The Bertz CT molecular complexity index is 876. The first-order chi connectivity index (χ1) is 12.2. The summed E-state index contributed by atoms with van der Waals surface area (Å²) in [6.07, 6.45) is 3.58. The Labute approximate surface area is 147 Å². The van der Waals surface area contributed by atoms with Crippen LogP contribution < -0.4 is 14.5 Å². The van der Waals surface area contributed by atoms with Crippen molar-refractivity contribution in [3.63, 3.8) is 0 Å². The standard InChI is InChI=1S/C19H21N5O/c1-14-12-18(16-13-15(25-2)4-5-17(16)22-14)23-8-10-24(11-9-23)19-20-6-3-7-21-19/h3-7,12-13H,8-11H2,1-2H3. The van der Waals surface area contributed by atoms with Crippen LogP contribution in [0.1, 0.15) is 5.69 Å². The van der Waals surface area contributed by atoms with Crippen molar-refractivity contribution in [1.82, 2.24) is 15.0 Å². The molecule has 4 rings (SSSR count). The van der Waals surface area contributed by atoms with Crippen molar-refractivity contribution in [2.75, 3.05) is 43.1 Å². The van der Waals surface area contributed by atoms with E-state index in [2.05, 4.69) is 36.9 Å². The topological polar surface area (TPSA) is 54.4 Å². The van der Waals surface area contributed by atoms with E-state index in [0.717, 1.165) is 54.5 Å². The van der Waals surface area contributed by atoms with Gasteiger partial charge in [0.15, 0.2) is 0 Å². The van der Waals surface area contributed by atoms with E-state index in [0.29, 0.717) is 0 Å². The molecule has 6 heteroatoms. The fourth-order valence-corrected chi connectivity index (χ4v) is 3.31. The fraction of sp³-hybridized carbons (Fsp3) is 0.316. The van der Waals surface area contributed by atoms with E-state index in [1.54, 1.807) is 19.5 Å². The normalized spacial score (nSPS) is 14.8. The summed E-state index contributed by atoms with van der Waals surface area (Å²) in [4.78, 5) is 18.0. The molecular formula is C19H21N5O. The minimum absolute atomic E-state index is 0.805. The van der Waals surface area contributed by atoms with E-state index in [1.165, 1.54) is 5.69 Å². The van der Waals surface area contributed by atoms with Gasteiger partial charge in [-0.15, -0.1) is 0 Å². The molecule has 1 saturated heterocycles. The van der Waals surface area contributed by atoms with Crippen molar-refractivity contribution in [1.29, 1.82) is 0 Å². The maximum Gasteiger partial charge on any atom is 0.225 e. The highest BCUT2D eigenvalue weighted by Crippen LogP contribution is 2.30. The molecule has 0 N–H and O–H groups in total. The van der Waals surface area contributed by atoms with Gasteiger partial charge in [0.1, 0.15) is 5.75 Å². The Morgan fingerprint density at radius 2 is 1.68 bits per heavy atom. The predicted molar refractivity (Wildman–Crippen MR) is 99.5 cm³/mol. The van der Waals surface area contributed by atoms with E-state index in [4.69, 9.17) is 4.74 Å². The number of pyridine rings is 1. The molecule has 0 radical (unpaired) electrons. The quantitative estimate of drug-likeness (QED) is 0.733. The number of hydrogen-bond acceptors (Lipinski definition) is 6. The lowest BCUT2D eigenvalue weighted by atomic mass is 10.1. The second-order valence-corrected chi connectivity index (χ2v) is 6.19. The number of piperazine rings is 1. The third kappa shape index (κ3) is 3.07. The molecule has 25 heavy (non-hydrogen) atoms. The molecule has 3 aromatic rings. The molecule has 0 aliphatic carbocycles. The molecule has 0 spiro atoms. The zero-order valence-electron chi connectivity index (χ0n) is 14.5. The van der Waals surface area contributed by atoms with Crippen LogP contribution in [0.4, 0.5) is 11.6 Å². The summed E-state index contributed by atoms with van der Waals surface area (Å²) in [5.74, 6) is 1.66. The summed E-state index contributed by atoms with van der Waals surface area (Å²) in [7, 11) is 1.70. The molecule has 128 valence electrons. The zero-order chi connectivity index (χ0) is 17.2. The highest BCUT2D eigenvalue weighted by Gasteiger charge is 2.21. The Morgan fingerprint density at radius 3 is 2.40 bits per heavy atom. The summed E-state index contributed by atoms with van der Waals surface area (Å²) < 4.78 is 5.40. The average Bonchev–Trinajstić information content (AvgIpc) is 2.68. The lowest BCUT2D eigenvalue weighted by Gasteiger charge is -2.36. The van der Waals surface area contributed by atoms with E-state index in [1.807, 2.05) is 25.1 Å². The summed E-state index contributed by atoms with van der Waals surface area (Å²) in [6, 6.07) is 10.1. The molecule has 0 atom stereocenters. The minimum Gasteiger partial charge on any atom is -0.497 e. The number of nitrogens with zero attached hydrogens (tertiary/aromatic N) is 5. The monoisotopic (exact) mass is 335 g/mol. The van der Waals surface area contributed by atoms with Crippen molar-refractivity contribution in [2.24, 2.45) is 0 Å². The van der Waals surface area contributed by atoms with E-state index in [9.17, 15) is 0 Å². The summed E-state index contributed by atoms with van der Waals surface area (Å²) in [6.45, 7) is 5.69. The van der Waals surface area contributed by atoms with Gasteiger partial charge in [-0.25, -0.2) is 9.97 Å². The van der Waals surface area contributed by atoms with Crippen LogP contribution >= 0.6 is 0 Å². The molecule has 1 aromatic carbocycles. The summed E-state index contributed by atoms with van der Waals surface area (Å²) in [5.41, 5.74) is 3.25. The zero-order valence-corrected chi connectivity index (χ0v) is 14.5. The smallest absolute Gasteiger partial charge is 0.225 e. The number of aryl methyl sites for hydroxylation is 1. The van der Waals surface area contributed by atoms with Crippen molar-refractivity contribution < 1.29 is 4.74 Å². The maximum absolute atomic E-state index is 5.40. The van der Waals surface area contributed by atoms with Gasteiger partial charge in [0.25, 0.3) is 0 Å². The molecule has 1 aliphatic rings. The number of ether oxygens (including phenoxy) is 1. The van der Waals surface area contributed by atoms with Gasteiger partial charge in [-0.1, -0.05) is 0 Å². The van der Waals surface area contributed by atoms with Gasteiger partial charge in [-0.3, -0.25) is 4.98 Å². The van der Waals surface area contributed by atoms with Crippen LogP contribution in [-0.2, 0) is 0 Å². The molecule has 0 unspecified atom stereocenters. The van der Waals surface area contributed by atoms with Crippen LogP contribution in [-0.4, -0.2) is 48.2 Å². The lowest BCUT2D eigenvalue weighted by Crippen LogP contribution is -2.47. The summed E-state index contributed by atoms with van der Waals surface area (Å²) in [5, 5.41) is 1.13. The van der Waals surface area contributed by atoms with E-state index in [-0.39, 0.29) is 0 Å². The van der Waals surface area contributed by atoms with Gasteiger partial charge in [0.05, 0.1) is 12.6 Å². The van der Waals surface area contributed by atoms with Crippen LogP contribution in [0.3, 0.4) is 0 Å². The van der Waals surface area contributed by atoms with Gasteiger partial charge in [0.2, 0.25) is 5.95 Å². The molecule has 2 aromatic heterocycles. The van der Waals surface area contributed by atoms with Crippen LogP contribution in [0.25, 0.3) is 10.9 Å². The molecule has 1 aliphatic heterocycles. The third-order valence-electron chi connectivity index (χ3n) is 4.58. The maximum atomic E-state index is 5.40. The minimum atomic E-state index is 0.805. The SMILES string of the molecule is COc1ccc2nc(C)cc(N3CCN(c4ncccn4)CC3)c2c1. The van der Waals surface area contributed by atoms with Crippen LogP contribution in [0, 0.1) is 6.92 Å². The number of rotatable bonds is 3. The second kappa shape index (κ2) is 6.55. The largest absolute Gasteiger partial charge is 0.497 e. The molecule has 6 nitrogen and oxygen atoms in total. The molecule has 1 fully saturated rings.